The van der Waals surface area contributed by atoms with Crippen molar-refractivity contribution < 1.29 is 9.53 Å². The summed E-state index contributed by atoms with van der Waals surface area (Å²) in [5.41, 5.74) is 3.98. The molecule has 0 amide bonds. The molecule has 0 saturated carbocycles. The Morgan fingerprint density at radius 1 is 1.19 bits per heavy atom. The molecular formula is C21H23BrN2O2. The highest BCUT2D eigenvalue weighted by molar-refractivity contribution is 9.10. The summed E-state index contributed by atoms with van der Waals surface area (Å²) in [7, 11) is 5.47. The molecule has 0 unspecified atom stereocenters. The first-order valence-corrected chi connectivity index (χ1v) is 9.30. The van der Waals surface area contributed by atoms with E-state index < -0.39 is 0 Å². The quantitative estimate of drug-likeness (QED) is 0.556. The number of hydrogen-bond donors (Lipinski definition) is 0. The van der Waals surface area contributed by atoms with Crippen LogP contribution >= 0.6 is 15.9 Å². The Balaban J connectivity index is 2.18. The summed E-state index contributed by atoms with van der Waals surface area (Å²) in [4.78, 5) is 14.8. The molecule has 4 nitrogen and oxygen atoms in total. The Hall–Kier alpha value is -2.11. The summed E-state index contributed by atoms with van der Waals surface area (Å²) in [6.07, 6.45) is 0. The summed E-state index contributed by atoms with van der Waals surface area (Å²) in [6, 6.07) is 14.1. The minimum atomic E-state index is 0.122. The molecule has 0 fully saturated rings. The monoisotopic (exact) mass is 414 g/mol. The molecule has 0 aliphatic rings. The highest BCUT2D eigenvalue weighted by Gasteiger charge is 2.21. The van der Waals surface area contributed by atoms with Crippen LogP contribution in [0, 0.1) is 6.92 Å². The van der Waals surface area contributed by atoms with Crippen LogP contribution in [0.2, 0.25) is 0 Å². The van der Waals surface area contributed by atoms with Crippen molar-refractivity contribution in [3.05, 3.63) is 63.8 Å². The number of carbonyl (C=O) groups excluding carboxylic acids is 1. The number of halogens is 1. The molecule has 3 rings (SSSR count). The van der Waals surface area contributed by atoms with Crippen molar-refractivity contribution in [2.45, 2.75) is 13.5 Å². The lowest BCUT2D eigenvalue weighted by atomic mass is 10.1. The Morgan fingerprint density at radius 2 is 1.92 bits per heavy atom. The molecular weight excluding hydrogens is 392 g/mol. The minimum Gasteiger partial charge on any atom is -0.497 e. The summed E-state index contributed by atoms with van der Waals surface area (Å²) in [5.74, 6) is 0.881. The van der Waals surface area contributed by atoms with E-state index in [4.69, 9.17) is 4.74 Å². The molecule has 0 spiro atoms. The van der Waals surface area contributed by atoms with Gasteiger partial charge in [0.15, 0.2) is 5.78 Å². The van der Waals surface area contributed by atoms with Gasteiger partial charge in [0.05, 0.1) is 13.7 Å². The van der Waals surface area contributed by atoms with E-state index in [2.05, 4.69) is 26.6 Å². The maximum atomic E-state index is 12.9. The molecule has 5 heteroatoms. The number of methoxy groups -OCH3 is 1. The van der Waals surface area contributed by atoms with Crippen molar-refractivity contribution in [1.29, 1.82) is 0 Å². The van der Waals surface area contributed by atoms with Crippen LogP contribution in [0.5, 0.6) is 5.75 Å². The molecule has 3 aromatic rings. The number of likely N-dealkylation sites (N-methyl/N-ethyl adjacent to an activating group) is 1. The second-order valence-corrected chi connectivity index (χ2v) is 7.54. The standard InChI is InChI=1S/C21H23BrN2O2/c1-14-21(20(25)13-23(2)3)17-11-16(26-4)9-10-19(17)24(14)12-15-7-5-6-8-18(15)22/h5-11H,12-13H2,1-4H3. The van der Waals surface area contributed by atoms with Gasteiger partial charge in [0.2, 0.25) is 0 Å². The van der Waals surface area contributed by atoms with Gasteiger partial charge in [0.25, 0.3) is 0 Å². The molecule has 0 radical (unpaired) electrons. The minimum absolute atomic E-state index is 0.122. The highest BCUT2D eigenvalue weighted by Crippen LogP contribution is 2.31. The zero-order chi connectivity index (χ0) is 18.8. The van der Waals surface area contributed by atoms with Gasteiger partial charge in [0, 0.05) is 33.2 Å². The lowest BCUT2D eigenvalue weighted by Gasteiger charge is -2.11. The van der Waals surface area contributed by atoms with Gasteiger partial charge in [-0.15, -0.1) is 0 Å². The first-order valence-electron chi connectivity index (χ1n) is 8.50. The van der Waals surface area contributed by atoms with E-state index in [0.29, 0.717) is 13.1 Å². The Kier molecular flexibility index (Phi) is 5.49. The van der Waals surface area contributed by atoms with Gasteiger partial charge in [-0.3, -0.25) is 4.79 Å². The molecule has 1 heterocycles. The maximum absolute atomic E-state index is 12.9. The zero-order valence-corrected chi connectivity index (χ0v) is 17.1. The van der Waals surface area contributed by atoms with Gasteiger partial charge >= 0.3 is 0 Å². The van der Waals surface area contributed by atoms with Crippen LogP contribution in [-0.4, -0.2) is 43.0 Å². The number of benzene rings is 2. The highest BCUT2D eigenvalue weighted by atomic mass is 79.9. The number of nitrogens with zero attached hydrogens (tertiary/aromatic N) is 2. The number of ketones is 1. The zero-order valence-electron chi connectivity index (χ0n) is 15.5. The van der Waals surface area contributed by atoms with E-state index in [-0.39, 0.29) is 5.78 Å². The van der Waals surface area contributed by atoms with Crippen molar-refractivity contribution in [1.82, 2.24) is 9.47 Å². The van der Waals surface area contributed by atoms with Crippen LogP contribution in [0.1, 0.15) is 21.6 Å². The molecule has 2 aromatic carbocycles. The summed E-state index contributed by atoms with van der Waals surface area (Å²) in [5, 5.41) is 0.945. The van der Waals surface area contributed by atoms with Crippen molar-refractivity contribution in [2.75, 3.05) is 27.7 Å². The van der Waals surface area contributed by atoms with Gasteiger partial charge in [0.1, 0.15) is 5.75 Å². The predicted molar refractivity (Wildman–Crippen MR) is 109 cm³/mol. The Morgan fingerprint density at radius 3 is 2.58 bits per heavy atom. The SMILES string of the molecule is COc1ccc2c(c1)c(C(=O)CN(C)C)c(C)n2Cc1ccccc1Br. The Labute approximate surface area is 162 Å². The van der Waals surface area contributed by atoms with E-state index in [9.17, 15) is 4.79 Å². The fourth-order valence-corrected chi connectivity index (χ4v) is 3.72. The molecule has 0 aliphatic carbocycles. The molecule has 0 aliphatic heterocycles. The van der Waals surface area contributed by atoms with E-state index in [1.165, 1.54) is 5.56 Å². The van der Waals surface area contributed by atoms with Crippen LogP contribution < -0.4 is 4.74 Å². The second-order valence-electron chi connectivity index (χ2n) is 6.68. The smallest absolute Gasteiger partial charge is 0.179 e. The van der Waals surface area contributed by atoms with Gasteiger partial charge in [-0.25, -0.2) is 0 Å². The van der Waals surface area contributed by atoms with Crippen LogP contribution in [0.3, 0.4) is 0 Å². The van der Waals surface area contributed by atoms with Gasteiger partial charge in [-0.05, 0) is 50.8 Å². The normalized spacial score (nSPS) is 11.3. The molecule has 0 bridgehead atoms. The Bertz CT molecular complexity index is 960. The van der Waals surface area contributed by atoms with Crippen LogP contribution in [-0.2, 0) is 6.54 Å². The number of fused-ring (bicyclic) bond motifs is 1. The molecule has 26 heavy (non-hydrogen) atoms. The predicted octanol–water partition coefficient (Wildman–Crippen LogP) is 4.51. The molecule has 1 aromatic heterocycles. The van der Waals surface area contributed by atoms with Gasteiger partial charge in [-0.1, -0.05) is 34.1 Å². The third-order valence-corrected chi connectivity index (χ3v) is 5.33. The number of hydrogen-bond acceptors (Lipinski definition) is 3. The van der Waals surface area contributed by atoms with E-state index in [0.717, 1.165) is 32.4 Å². The van der Waals surface area contributed by atoms with Gasteiger partial charge < -0.3 is 14.2 Å². The first-order chi connectivity index (χ1) is 12.4. The lowest BCUT2D eigenvalue weighted by molar-refractivity contribution is 0.0958. The van der Waals surface area contributed by atoms with Gasteiger partial charge in [-0.2, -0.15) is 0 Å². The summed E-state index contributed by atoms with van der Waals surface area (Å²) < 4.78 is 8.66. The van der Waals surface area contributed by atoms with Crippen LogP contribution in [0.25, 0.3) is 10.9 Å². The third-order valence-electron chi connectivity index (χ3n) is 4.56. The van der Waals surface area contributed by atoms with Crippen LogP contribution in [0.4, 0.5) is 0 Å². The lowest BCUT2D eigenvalue weighted by Crippen LogP contribution is -2.22. The molecule has 0 atom stereocenters. The number of carbonyl (C=O) groups is 1. The average molecular weight is 415 g/mol. The third kappa shape index (κ3) is 3.55. The van der Waals surface area contributed by atoms with Crippen molar-refractivity contribution in [3.8, 4) is 5.75 Å². The van der Waals surface area contributed by atoms with Crippen molar-refractivity contribution in [3.63, 3.8) is 0 Å². The average Bonchev–Trinajstić information content (AvgIpc) is 2.87. The molecule has 136 valence electrons. The topological polar surface area (TPSA) is 34.5 Å². The maximum Gasteiger partial charge on any atom is 0.179 e. The van der Waals surface area contributed by atoms with E-state index >= 15 is 0 Å². The van der Waals surface area contributed by atoms with Crippen LogP contribution in [0.15, 0.2) is 46.9 Å². The van der Waals surface area contributed by atoms with Crippen molar-refractivity contribution in [2.24, 2.45) is 0 Å². The largest absolute Gasteiger partial charge is 0.497 e. The second kappa shape index (κ2) is 7.64. The summed E-state index contributed by atoms with van der Waals surface area (Å²) >= 11 is 3.63. The number of ether oxygens (including phenoxy) is 1. The number of rotatable bonds is 6. The van der Waals surface area contributed by atoms with Crippen molar-refractivity contribution >= 4 is 32.6 Å². The summed E-state index contributed by atoms with van der Waals surface area (Å²) in [6.45, 7) is 3.10. The molecule has 0 N–H and O–H groups in total. The fraction of sp³-hybridized carbons (Fsp3) is 0.286. The fourth-order valence-electron chi connectivity index (χ4n) is 3.31. The first kappa shape index (κ1) is 18.7. The van der Waals surface area contributed by atoms with E-state index in [1.54, 1.807) is 7.11 Å². The number of aromatic nitrogens is 1. The number of Topliss-reactive ketones (excluding diaryl/α,β-unsaturated/α-hetero) is 1. The molecule has 0 saturated heterocycles. The van der Waals surface area contributed by atoms with E-state index in [1.807, 2.05) is 62.3 Å².